The quantitative estimate of drug-likeness (QED) is 0.682. The highest BCUT2D eigenvalue weighted by Gasteiger charge is 2.04. The Morgan fingerprint density at radius 2 is 1.76 bits per heavy atom. The summed E-state index contributed by atoms with van der Waals surface area (Å²) in [5.41, 5.74) is 1.35. The van der Waals surface area contributed by atoms with E-state index in [1.165, 1.54) is 0 Å². The molecule has 0 spiro atoms. The van der Waals surface area contributed by atoms with Crippen LogP contribution in [-0.4, -0.2) is 48.2 Å². The summed E-state index contributed by atoms with van der Waals surface area (Å²) in [6.07, 6.45) is -0.0175. The first-order valence-corrected chi connectivity index (χ1v) is 7.13. The Kier molecular flexibility index (Phi) is 7.25. The van der Waals surface area contributed by atoms with Crippen LogP contribution in [-0.2, 0) is 11.2 Å². The molecule has 0 aliphatic carbocycles. The molecule has 1 aromatic carbocycles. The topological polar surface area (TPSA) is 81.7 Å². The zero-order valence-electron chi connectivity index (χ0n) is 12.6. The molecule has 0 aliphatic rings. The molecule has 6 heteroatoms. The van der Waals surface area contributed by atoms with Crippen LogP contribution in [0.15, 0.2) is 24.3 Å². The minimum atomic E-state index is -0.871. The third-order valence-corrected chi connectivity index (χ3v) is 3.18. The van der Waals surface area contributed by atoms with Crippen LogP contribution in [0.1, 0.15) is 19.4 Å². The Morgan fingerprint density at radius 1 is 1.14 bits per heavy atom. The second kappa shape index (κ2) is 8.97. The summed E-state index contributed by atoms with van der Waals surface area (Å²) < 4.78 is 0. The van der Waals surface area contributed by atoms with Crippen LogP contribution in [0, 0.1) is 0 Å². The molecule has 0 saturated carbocycles. The first kappa shape index (κ1) is 17.0. The molecule has 0 heterocycles. The molecule has 0 radical (unpaired) electrons. The molecule has 0 bridgehead atoms. The lowest BCUT2D eigenvalue weighted by atomic mass is 10.1. The van der Waals surface area contributed by atoms with E-state index in [-0.39, 0.29) is 12.5 Å². The van der Waals surface area contributed by atoms with Crippen LogP contribution in [0.4, 0.5) is 10.5 Å². The molecule has 0 atom stereocenters. The maximum Gasteiger partial charge on any atom is 0.319 e. The smallest absolute Gasteiger partial charge is 0.319 e. The lowest BCUT2D eigenvalue weighted by Crippen LogP contribution is -2.36. The van der Waals surface area contributed by atoms with Gasteiger partial charge in [0.2, 0.25) is 0 Å². The second-order valence-electron chi connectivity index (χ2n) is 4.68. The molecule has 1 rings (SSSR count). The number of carbonyl (C=O) groups excluding carboxylic acids is 1. The van der Waals surface area contributed by atoms with Crippen molar-refractivity contribution in [2.75, 3.05) is 31.5 Å². The molecule has 0 fully saturated rings. The van der Waals surface area contributed by atoms with E-state index in [2.05, 4.69) is 29.4 Å². The fraction of sp³-hybridized carbons (Fsp3) is 0.467. The van der Waals surface area contributed by atoms with Gasteiger partial charge in [0.25, 0.3) is 0 Å². The third kappa shape index (κ3) is 6.76. The van der Waals surface area contributed by atoms with Crippen molar-refractivity contribution in [2.45, 2.75) is 20.3 Å². The number of amides is 2. The molecule has 1 aromatic rings. The Bertz CT molecular complexity index is 456. The Morgan fingerprint density at radius 3 is 2.29 bits per heavy atom. The minimum Gasteiger partial charge on any atom is -0.481 e. The van der Waals surface area contributed by atoms with Crippen LogP contribution < -0.4 is 10.6 Å². The van der Waals surface area contributed by atoms with Gasteiger partial charge in [-0.1, -0.05) is 26.0 Å². The first-order chi connectivity index (χ1) is 10.0. The van der Waals surface area contributed by atoms with Gasteiger partial charge >= 0.3 is 12.0 Å². The SMILES string of the molecule is CCN(CC)CCNC(=O)Nc1ccc(CC(=O)O)cc1. The van der Waals surface area contributed by atoms with E-state index in [4.69, 9.17) is 5.11 Å². The Balaban J connectivity index is 2.35. The summed E-state index contributed by atoms with van der Waals surface area (Å²) in [5.74, 6) is -0.871. The predicted octanol–water partition coefficient (Wildman–Crippen LogP) is 1.78. The van der Waals surface area contributed by atoms with E-state index in [0.717, 1.165) is 19.6 Å². The van der Waals surface area contributed by atoms with E-state index < -0.39 is 5.97 Å². The molecule has 2 amide bonds. The van der Waals surface area contributed by atoms with Gasteiger partial charge in [0, 0.05) is 18.8 Å². The number of carboxylic acids is 1. The molecule has 0 aliphatic heterocycles. The molecule has 6 nitrogen and oxygen atoms in total. The number of benzene rings is 1. The van der Waals surface area contributed by atoms with Crippen molar-refractivity contribution in [3.63, 3.8) is 0 Å². The van der Waals surface area contributed by atoms with Crippen LogP contribution in [0.3, 0.4) is 0 Å². The molecule has 21 heavy (non-hydrogen) atoms. The minimum absolute atomic E-state index is 0.0175. The van der Waals surface area contributed by atoms with E-state index in [1.54, 1.807) is 24.3 Å². The predicted molar refractivity (Wildman–Crippen MR) is 82.6 cm³/mol. The van der Waals surface area contributed by atoms with Crippen molar-refractivity contribution in [1.82, 2.24) is 10.2 Å². The van der Waals surface area contributed by atoms with E-state index >= 15 is 0 Å². The number of nitrogens with one attached hydrogen (secondary N) is 2. The highest BCUT2D eigenvalue weighted by molar-refractivity contribution is 5.89. The zero-order chi connectivity index (χ0) is 15.7. The van der Waals surface area contributed by atoms with Gasteiger partial charge in [-0.05, 0) is 30.8 Å². The van der Waals surface area contributed by atoms with E-state index in [1.807, 2.05) is 0 Å². The number of hydrogen-bond acceptors (Lipinski definition) is 3. The van der Waals surface area contributed by atoms with Crippen molar-refractivity contribution < 1.29 is 14.7 Å². The number of likely N-dealkylation sites (N-methyl/N-ethyl adjacent to an activating group) is 1. The van der Waals surface area contributed by atoms with Crippen molar-refractivity contribution >= 4 is 17.7 Å². The number of nitrogens with zero attached hydrogens (tertiary/aromatic N) is 1. The highest BCUT2D eigenvalue weighted by Crippen LogP contribution is 2.09. The van der Waals surface area contributed by atoms with Gasteiger partial charge in [0.05, 0.1) is 6.42 Å². The van der Waals surface area contributed by atoms with Crippen LogP contribution >= 0.6 is 0 Å². The van der Waals surface area contributed by atoms with Gasteiger partial charge in [0.15, 0.2) is 0 Å². The summed E-state index contributed by atoms with van der Waals surface area (Å²) in [4.78, 5) is 24.5. The molecule has 116 valence electrons. The lowest BCUT2D eigenvalue weighted by molar-refractivity contribution is -0.136. The van der Waals surface area contributed by atoms with Gasteiger partial charge in [-0.3, -0.25) is 4.79 Å². The third-order valence-electron chi connectivity index (χ3n) is 3.18. The van der Waals surface area contributed by atoms with Crippen LogP contribution in [0.25, 0.3) is 0 Å². The Labute approximate surface area is 125 Å². The largest absolute Gasteiger partial charge is 0.481 e. The number of carboxylic acid groups (broad SMARTS) is 1. The van der Waals surface area contributed by atoms with Gasteiger partial charge in [-0.25, -0.2) is 4.79 Å². The molecular formula is C15H23N3O3. The molecule has 0 saturated heterocycles. The van der Waals surface area contributed by atoms with Crippen LogP contribution in [0.5, 0.6) is 0 Å². The van der Waals surface area contributed by atoms with Crippen molar-refractivity contribution in [2.24, 2.45) is 0 Å². The van der Waals surface area contributed by atoms with E-state index in [0.29, 0.717) is 17.8 Å². The molecule has 3 N–H and O–H groups in total. The zero-order valence-corrected chi connectivity index (χ0v) is 12.6. The fourth-order valence-corrected chi connectivity index (χ4v) is 1.92. The Hall–Kier alpha value is -2.08. The lowest BCUT2D eigenvalue weighted by Gasteiger charge is -2.18. The number of anilines is 1. The average Bonchev–Trinajstić information content (AvgIpc) is 2.45. The number of hydrogen-bond donors (Lipinski definition) is 3. The molecule has 0 unspecified atom stereocenters. The van der Waals surface area contributed by atoms with E-state index in [9.17, 15) is 9.59 Å². The van der Waals surface area contributed by atoms with Gasteiger partial charge in [-0.15, -0.1) is 0 Å². The number of aliphatic carboxylic acids is 1. The van der Waals surface area contributed by atoms with Crippen molar-refractivity contribution in [3.8, 4) is 0 Å². The monoisotopic (exact) mass is 293 g/mol. The summed E-state index contributed by atoms with van der Waals surface area (Å²) in [7, 11) is 0. The van der Waals surface area contributed by atoms with Gasteiger partial charge in [-0.2, -0.15) is 0 Å². The molecular weight excluding hydrogens is 270 g/mol. The standard InChI is InChI=1S/C15H23N3O3/c1-3-18(4-2)10-9-16-15(21)17-13-7-5-12(6-8-13)11-14(19)20/h5-8H,3-4,9-11H2,1-2H3,(H,19,20)(H2,16,17,21). The first-order valence-electron chi connectivity index (χ1n) is 7.13. The fourth-order valence-electron chi connectivity index (χ4n) is 1.92. The molecule has 0 aromatic heterocycles. The summed E-state index contributed by atoms with van der Waals surface area (Å²) >= 11 is 0. The van der Waals surface area contributed by atoms with Crippen molar-refractivity contribution in [1.29, 1.82) is 0 Å². The summed E-state index contributed by atoms with van der Waals surface area (Å²) in [6.45, 7) is 7.50. The van der Waals surface area contributed by atoms with Crippen LogP contribution in [0.2, 0.25) is 0 Å². The van der Waals surface area contributed by atoms with Gasteiger partial charge in [0.1, 0.15) is 0 Å². The van der Waals surface area contributed by atoms with Gasteiger partial charge < -0.3 is 20.6 Å². The highest BCUT2D eigenvalue weighted by atomic mass is 16.4. The average molecular weight is 293 g/mol. The second-order valence-corrected chi connectivity index (χ2v) is 4.68. The number of rotatable bonds is 8. The summed E-state index contributed by atoms with van der Waals surface area (Å²) in [5, 5.41) is 14.2. The normalized spacial score (nSPS) is 10.4. The summed E-state index contributed by atoms with van der Waals surface area (Å²) in [6, 6.07) is 6.53. The van der Waals surface area contributed by atoms with Crippen molar-refractivity contribution in [3.05, 3.63) is 29.8 Å². The maximum atomic E-state index is 11.7. The maximum absolute atomic E-state index is 11.7. The number of carbonyl (C=O) groups is 2. The number of urea groups is 1.